The Bertz CT molecular complexity index is 361. The van der Waals surface area contributed by atoms with Crippen molar-refractivity contribution in [1.82, 2.24) is 0 Å². The van der Waals surface area contributed by atoms with Gasteiger partial charge in [0.15, 0.2) is 0 Å². The minimum atomic E-state index is -0.672. The molecule has 6 heteroatoms. The summed E-state index contributed by atoms with van der Waals surface area (Å²) in [4.78, 5) is 10.8. The second-order valence-corrected chi connectivity index (χ2v) is 2.83. The highest BCUT2D eigenvalue weighted by molar-refractivity contribution is 6.32. The van der Waals surface area contributed by atoms with Gasteiger partial charge in [0.1, 0.15) is 12.0 Å². The smallest absolute Gasteiger partial charge is 0.270 e. The number of benzene rings is 1. The van der Waals surface area contributed by atoms with E-state index in [0.29, 0.717) is 6.21 Å². The summed E-state index contributed by atoms with van der Waals surface area (Å²) in [5.41, 5.74) is 0.194. The van der Waals surface area contributed by atoms with Gasteiger partial charge >= 0.3 is 0 Å². The third-order valence-electron chi connectivity index (χ3n) is 1.31. The van der Waals surface area contributed by atoms with Gasteiger partial charge in [-0.05, 0) is 18.2 Å². The SMILES string of the molecule is O=C(/C=N/O)Nc1cc(F)cc(Cl)c1. The molecular formula is C8H6ClFN2O2. The van der Waals surface area contributed by atoms with Gasteiger partial charge in [-0.25, -0.2) is 4.39 Å². The molecule has 0 saturated heterocycles. The molecule has 0 unspecified atom stereocenters. The van der Waals surface area contributed by atoms with Crippen molar-refractivity contribution in [3.05, 3.63) is 29.0 Å². The molecule has 1 aromatic rings. The fourth-order valence-corrected chi connectivity index (χ4v) is 1.07. The summed E-state index contributed by atoms with van der Waals surface area (Å²) in [6.45, 7) is 0. The molecule has 1 aromatic carbocycles. The normalized spacial score (nSPS) is 10.4. The van der Waals surface area contributed by atoms with Crippen molar-refractivity contribution in [2.45, 2.75) is 0 Å². The predicted molar refractivity (Wildman–Crippen MR) is 50.3 cm³/mol. The Morgan fingerprint density at radius 1 is 1.57 bits per heavy atom. The summed E-state index contributed by atoms with van der Waals surface area (Å²) in [5, 5.41) is 13.0. The molecule has 4 nitrogen and oxygen atoms in total. The number of carbonyl (C=O) groups is 1. The van der Waals surface area contributed by atoms with Gasteiger partial charge in [-0.3, -0.25) is 4.79 Å². The Balaban J connectivity index is 2.81. The number of nitrogens with one attached hydrogen (secondary N) is 1. The van der Waals surface area contributed by atoms with Crippen LogP contribution in [-0.4, -0.2) is 17.3 Å². The van der Waals surface area contributed by atoms with Gasteiger partial charge in [-0.1, -0.05) is 16.8 Å². The number of anilines is 1. The molecule has 0 aliphatic carbocycles. The molecule has 74 valence electrons. The number of hydrogen-bond donors (Lipinski definition) is 2. The number of hydrogen-bond acceptors (Lipinski definition) is 3. The van der Waals surface area contributed by atoms with Gasteiger partial charge in [-0.15, -0.1) is 0 Å². The van der Waals surface area contributed by atoms with E-state index in [1.165, 1.54) is 6.07 Å². The maximum atomic E-state index is 12.7. The number of amides is 1. The van der Waals surface area contributed by atoms with Crippen molar-refractivity contribution >= 4 is 29.4 Å². The lowest BCUT2D eigenvalue weighted by Crippen LogP contribution is -2.12. The number of halogens is 2. The Labute approximate surface area is 84.0 Å². The van der Waals surface area contributed by atoms with Crippen molar-refractivity contribution in [2.24, 2.45) is 5.16 Å². The topological polar surface area (TPSA) is 61.7 Å². The molecule has 0 aliphatic heterocycles. The van der Waals surface area contributed by atoms with Crippen molar-refractivity contribution in [1.29, 1.82) is 0 Å². The lowest BCUT2D eigenvalue weighted by atomic mass is 10.3. The van der Waals surface area contributed by atoms with Crippen molar-refractivity contribution in [2.75, 3.05) is 5.32 Å². The Hall–Kier alpha value is -1.62. The first kappa shape index (κ1) is 10.5. The fraction of sp³-hybridized carbons (Fsp3) is 0. The highest BCUT2D eigenvalue weighted by atomic mass is 35.5. The minimum Gasteiger partial charge on any atom is -0.411 e. The van der Waals surface area contributed by atoms with E-state index < -0.39 is 11.7 Å². The van der Waals surface area contributed by atoms with Gasteiger partial charge in [0.05, 0.1) is 0 Å². The summed E-state index contributed by atoms with van der Waals surface area (Å²) >= 11 is 5.54. The first-order valence-electron chi connectivity index (χ1n) is 3.56. The first-order chi connectivity index (χ1) is 6.61. The van der Waals surface area contributed by atoms with E-state index in [-0.39, 0.29) is 10.7 Å². The number of rotatable bonds is 2. The molecule has 0 spiro atoms. The van der Waals surface area contributed by atoms with E-state index >= 15 is 0 Å². The van der Waals surface area contributed by atoms with Gasteiger partial charge in [0.2, 0.25) is 0 Å². The van der Waals surface area contributed by atoms with Crippen LogP contribution in [0.25, 0.3) is 0 Å². The lowest BCUT2D eigenvalue weighted by Gasteiger charge is -2.01. The standard InChI is InChI=1S/C8H6ClFN2O2/c9-5-1-6(10)3-7(2-5)12-8(13)4-11-14/h1-4,14H,(H,12,13)/b11-4+. The third-order valence-corrected chi connectivity index (χ3v) is 1.52. The highest BCUT2D eigenvalue weighted by Crippen LogP contribution is 2.17. The molecule has 0 radical (unpaired) electrons. The Kier molecular flexibility index (Phi) is 3.41. The number of nitrogens with zero attached hydrogens (tertiary/aromatic N) is 1. The first-order valence-corrected chi connectivity index (χ1v) is 3.94. The summed E-state index contributed by atoms with van der Waals surface area (Å²) in [6.07, 6.45) is 0.652. The molecule has 0 aromatic heterocycles. The molecule has 0 fully saturated rings. The third kappa shape index (κ3) is 3.02. The zero-order chi connectivity index (χ0) is 10.6. The monoisotopic (exact) mass is 216 g/mol. The van der Waals surface area contributed by atoms with Gasteiger partial charge in [0.25, 0.3) is 5.91 Å². The van der Waals surface area contributed by atoms with Gasteiger partial charge in [0, 0.05) is 10.7 Å². The molecular weight excluding hydrogens is 211 g/mol. The van der Waals surface area contributed by atoms with Crippen molar-refractivity contribution < 1.29 is 14.4 Å². The predicted octanol–water partition coefficient (Wildman–Crippen LogP) is 1.88. The summed E-state index contributed by atoms with van der Waals surface area (Å²) < 4.78 is 12.7. The molecule has 0 atom stereocenters. The number of oxime groups is 1. The molecule has 0 aliphatic rings. The van der Waals surface area contributed by atoms with E-state index in [4.69, 9.17) is 16.8 Å². The average molecular weight is 217 g/mol. The zero-order valence-corrected chi connectivity index (χ0v) is 7.62. The molecule has 14 heavy (non-hydrogen) atoms. The maximum Gasteiger partial charge on any atom is 0.270 e. The zero-order valence-electron chi connectivity index (χ0n) is 6.87. The fourth-order valence-electron chi connectivity index (χ4n) is 0.853. The van der Waals surface area contributed by atoms with Gasteiger partial charge in [-0.2, -0.15) is 0 Å². The summed E-state index contributed by atoms with van der Waals surface area (Å²) in [5.74, 6) is -1.23. The quantitative estimate of drug-likeness (QED) is 0.450. The molecule has 2 N–H and O–H groups in total. The van der Waals surface area contributed by atoms with Crippen LogP contribution in [0.2, 0.25) is 5.02 Å². The van der Waals surface area contributed by atoms with Crippen molar-refractivity contribution in [3.63, 3.8) is 0 Å². The average Bonchev–Trinajstić information content (AvgIpc) is 2.01. The largest absolute Gasteiger partial charge is 0.411 e. The molecule has 1 rings (SSSR count). The highest BCUT2D eigenvalue weighted by Gasteiger charge is 2.02. The number of carbonyl (C=O) groups excluding carboxylic acids is 1. The summed E-state index contributed by atoms with van der Waals surface area (Å²) in [7, 11) is 0. The lowest BCUT2D eigenvalue weighted by molar-refractivity contribution is -0.110. The second kappa shape index (κ2) is 4.57. The Morgan fingerprint density at radius 3 is 2.86 bits per heavy atom. The van der Waals surface area contributed by atoms with Crippen LogP contribution in [0.5, 0.6) is 0 Å². The van der Waals surface area contributed by atoms with Crippen LogP contribution in [0.1, 0.15) is 0 Å². The van der Waals surface area contributed by atoms with Crippen LogP contribution < -0.4 is 5.32 Å². The van der Waals surface area contributed by atoms with Crippen molar-refractivity contribution in [3.8, 4) is 0 Å². The van der Waals surface area contributed by atoms with E-state index in [2.05, 4.69) is 10.5 Å². The van der Waals surface area contributed by atoms with E-state index in [0.717, 1.165) is 12.1 Å². The van der Waals surface area contributed by atoms with Crippen LogP contribution in [0.15, 0.2) is 23.4 Å². The van der Waals surface area contributed by atoms with E-state index in [9.17, 15) is 9.18 Å². The van der Waals surface area contributed by atoms with Crippen LogP contribution in [-0.2, 0) is 4.79 Å². The summed E-state index contributed by atoms with van der Waals surface area (Å²) in [6, 6.07) is 3.57. The molecule has 0 heterocycles. The second-order valence-electron chi connectivity index (χ2n) is 2.39. The van der Waals surface area contributed by atoms with Crippen LogP contribution in [0.4, 0.5) is 10.1 Å². The van der Waals surface area contributed by atoms with Gasteiger partial charge < -0.3 is 10.5 Å². The molecule has 0 saturated carbocycles. The molecule has 0 bridgehead atoms. The Morgan fingerprint density at radius 2 is 2.29 bits per heavy atom. The van der Waals surface area contributed by atoms with Crippen LogP contribution in [0, 0.1) is 5.82 Å². The van der Waals surface area contributed by atoms with Crippen LogP contribution in [0.3, 0.4) is 0 Å². The van der Waals surface area contributed by atoms with E-state index in [1.807, 2.05) is 0 Å². The molecule has 1 amide bonds. The van der Waals surface area contributed by atoms with Crippen LogP contribution >= 0.6 is 11.6 Å². The minimum absolute atomic E-state index is 0.168. The van der Waals surface area contributed by atoms with E-state index in [1.54, 1.807) is 0 Å². The maximum absolute atomic E-state index is 12.7.